The Hall–Kier alpha value is -2.57. The summed E-state index contributed by atoms with van der Waals surface area (Å²) in [4.78, 5) is 24.9. The molecule has 5 rings (SSSR count). The van der Waals surface area contributed by atoms with Crippen LogP contribution in [-0.4, -0.2) is 42.6 Å². The fourth-order valence-electron chi connectivity index (χ4n) is 3.80. The van der Waals surface area contributed by atoms with E-state index >= 15 is 0 Å². The van der Waals surface area contributed by atoms with Crippen LogP contribution in [0, 0.1) is 6.92 Å². The Balaban J connectivity index is 1.47. The molecule has 1 saturated carbocycles. The fourth-order valence-corrected chi connectivity index (χ4v) is 3.80. The molecule has 4 heterocycles. The maximum Gasteiger partial charge on any atom is 0.165 e. The molecule has 1 aliphatic heterocycles. The zero-order valence-corrected chi connectivity index (χ0v) is 14.3. The van der Waals surface area contributed by atoms with Gasteiger partial charge in [-0.1, -0.05) is 0 Å². The van der Waals surface area contributed by atoms with E-state index < -0.39 is 0 Å². The monoisotopic (exact) mass is 335 g/mol. The van der Waals surface area contributed by atoms with E-state index in [2.05, 4.69) is 34.4 Å². The van der Waals surface area contributed by atoms with E-state index in [0.29, 0.717) is 12.0 Å². The van der Waals surface area contributed by atoms with Crippen LogP contribution in [0.4, 0.5) is 5.82 Å². The summed E-state index contributed by atoms with van der Waals surface area (Å²) >= 11 is 0. The second kappa shape index (κ2) is 5.75. The Bertz CT molecular complexity index is 915. The molecule has 1 aliphatic carbocycles. The Morgan fingerprint density at radius 3 is 2.84 bits per heavy atom. The molecule has 7 nitrogen and oxygen atoms in total. The van der Waals surface area contributed by atoms with Crippen LogP contribution in [0.2, 0.25) is 0 Å². The largest absolute Gasteiger partial charge is 0.354 e. The van der Waals surface area contributed by atoms with Crippen LogP contribution >= 0.6 is 0 Å². The molecule has 0 amide bonds. The number of anilines is 1. The van der Waals surface area contributed by atoms with Gasteiger partial charge in [0.2, 0.25) is 0 Å². The molecule has 1 saturated heterocycles. The quantitative estimate of drug-likeness (QED) is 0.733. The molecule has 2 fully saturated rings. The molecule has 1 atom stereocenters. The van der Waals surface area contributed by atoms with Gasteiger partial charge >= 0.3 is 0 Å². The molecule has 2 aliphatic rings. The molecule has 3 aromatic rings. The Morgan fingerprint density at radius 1 is 1.08 bits per heavy atom. The molecule has 25 heavy (non-hydrogen) atoms. The van der Waals surface area contributed by atoms with E-state index in [4.69, 9.17) is 0 Å². The highest BCUT2D eigenvalue weighted by atomic mass is 15.2. The van der Waals surface area contributed by atoms with Crippen molar-refractivity contribution in [3.63, 3.8) is 0 Å². The summed E-state index contributed by atoms with van der Waals surface area (Å²) in [5.74, 6) is 2.20. The fraction of sp³-hybridized carbons (Fsp3) is 0.500. The summed E-state index contributed by atoms with van der Waals surface area (Å²) in [6.45, 7) is 3.87. The first-order valence-electron chi connectivity index (χ1n) is 9.01. The summed E-state index contributed by atoms with van der Waals surface area (Å²) in [6.07, 6.45) is 10.2. The smallest absolute Gasteiger partial charge is 0.165 e. The second-order valence-corrected chi connectivity index (χ2v) is 7.07. The Kier molecular flexibility index (Phi) is 3.39. The highest BCUT2D eigenvalue weighted by molar-refractivity contribution is 5.83. The third-order valence-electron chi connectivity index (χ3n) is 5.22. The van der Waals surface area contributed by atoms with E-state index in [1.807, 2.05) is 25.5 Å². The molecule has 0 bridgehead atoms. The van der Waals surface area contributed by atoms with Crippen LogP contribution in [0.15, 0.2) is 24.9 Å². The van der Waals surface area contributed by atoms with Crippen LogP contribution in [0.1, 0.15) is 49.2 Å². The SMILES string of the molecule is Cc1nccc(C2CCCN(c3ncnc4c3ncn4C3CC3)C2)n1. The molecule has 0 N–H and O–H groups in total. The van der Waals surface area contributed by atoms with Crippen molar-refractivity contribution in [3.05, 3.63) is 36.4 Å². The molecule has 3 aromatic heterocycles. The first-order chi connectivity index (χ1) is 12.3. The molecule has 0 spiro atoms. The van der Waals surface area contributed by atoms with Crippen molar-refractivity contribution in [2.75, 3.05) is 18.0 Å². The number of nitrogens with zero attached hydrogens (tertiary/aromatic N) is 7. The zero-order chi connectivity index (χ0) is 16.8. The predicted octanol–water partition coefficient (Wildman–Crippen LogP) is 2.64. The number of hydrogen-bond donors (Lipinski definition) is 0. The second-order valence-electron chi connectivity index (χ2n) is 7.07. The highest BCUT2D eigenvalue weighted by Gasteiger charge is 2.29. The molecular formula is C18H21N7. The molecular weight excluding hydrogens is 314 g/mol. The average molecular weight is 335 g/mol. The van der Waals surface area contributed by atoms with Gasteiger partial charge in [0.1, 0.15) is 12.2 Å². The first-order valence-corrected chi connectivity index (χ1v) is 9.01. The van der Waals surface area contributed by atoms with Crippen LogP contribution in [0.25, 0.3) is 11.2 Å². The average Bonchev–Trinajstić information content (AvgIpc) is 3.40. The van der Waals surface area contributed by atoms with Crippen molar-refractivity contribution in [3.8, 4) is 0 Å². The molecule has 0 aromatic carbocycles. The summed E-state index contributed by atoms with van der Waals surface area (Å²) < 4.78 is 2.20. The Labute approximate surface area is 146 Å². The lowest BCUT2D eigenvalue weighted by Crippen LogP contribution is -2.35. The first kappa shape index (κ1) is 14.7. The molecule has 0 radical (unpaired) electrons. The summed E-state index contributed by atoms with van der Waals surface area (Å²) in [7, 11) is 0. The van der Waals surface area contributed by atoms with Crippen LogP contribution in [0.5, 0.6) is 0 Å². The van der Waals surface area contributed by atoms with Gasteiger partial charge in [0.05, 0.1) is 6.33 Å². The van der Waals surface area contributed by atoms with Gasteiger partial charge < -0.3 is 9.47 Å². The van der Waals surface area contributed by atoms with Crippen molar-refractivity contribution < 1.29 is 0 Å². The van der Waals surface area contributed by atoms with E-state index in [0.717, 1.165) is 54.4 Å². The maximum atomic E-state index is 4.64. The lowest BCUT2D eigenvalue weighted by Gasteiger charge is -2.33. The molecule has 7 heteroatoms. The normalized spacial score (nSPS) is 21.0. The maximum absolute atomic E-state index is 4.64. The van der Waals surface area contributed by atoms with E-state index in [9.17, 15) is 0 Å². The lowest BCUT2D eigenvalue weighted by molar-refractivity contribution is 0.497. The molecule has 128 valence electrons. The van der Waals surface area contributed by atoms with Crippen molar-refractivity contribution in [2.45, 2.75) is 44.6 Å². The van der Waals surface area contributed by atoms with Gasteiger partial charge in [-0.25, -0.2) is 24.9 Å². The van der Waals surface area contributed by atoms with Crippen LogP contribution < -0.4 is 4.90 Å². The van der Waals surface area contributed by atoms with Gasteiger partial charge in [0.15, 0.2) is 17.0 Å². The van der Waals surface area contributed by atoms with E-state index in [-0.39, 0.29) is 0 Å². The third kappa shape index (κ3) is 2.63. The number of aryl methyl sites for hydroxylation is 1. The lowest BCUT2D eigenvalue weighted by atomic mass is 9.94. The van der Waals surface area contributed by atoms with E-state index in [1.165, 1.54) is 12.8 Å². The van der Waals surface area contributed by atoms with Gasteiger partial charge in [-0.2, -0.15) is 0 Å². The number of aromatic nitrogens is 6. The summed E-state index contributed by atoms with van der Waals surface area (Å²) in [5.41, 5.74) is 3.02. The van der Waals surface area contributed by atoms with Crippen LogP contribution in [-0.2, 0) is 0 Å². The highest BCUT2D eigenvalue weighted by Crippen LogP contribution is 2.38. The van der Waals surface area contributed by atoms with Crippen LogP contribution in [0.3, 0.4) is 0 Å². The number of imidazole rings is 1. The van der Waals surface area contributed by atoms with E-state index in [1.54, 1.807) is 6.33 Å². The minimum atomic E-state index is 0.408. The third-order valence-corrected chi connectivity index (χ3v) is 5.22. The predicted molar refractivity (Wildman–Crippen MR) is 94.6 cm³/mol. The van der Waals surface area contributed by atoms with Crippen molar-refractivity contribution in [2.24, 2.45) is 0 Å². The van der Waals surface area contributed by atoms with Gasteiger partial charge in [0.25, 0.3) is 0 Å². The van der Waals surface area contributed by atoms with Gasteiger partial charge in [-0.3, -0.25) is 0 Å². The number of hydrogen-bond acceptors (Lipinski definition) is 6. The van der Waals surface area contributed by atoms with Gasteiger partial charge in [-0.05, 0) is 38.7 Å². The minimum absolute atomic E-state index is 0.408. The van der Waals surface area contributed by atoms with Crippen molar-refractivity contribution in [1.29, 1.82) is 0 Å². The number of rotatable bonds is 3. The number of fused-ring (bicyclic) bond motifs is 1. The van der Waals surface area contributed by atoms with Crippen molar-refractivity contribution >= 4 is 17.0 Å². The zero-order valence-electron chi connectivity index (χ0n) is 14.3. The Morgan fingerprint density at radius 2 is 2.00 bits per heavy atom. The number of piperidine rings is 1. The van der Waals surface area contributed by atoms with Crippen molar-refractivity contribution in [1.82, 2.24) is 29.5 Å². The summed E-state index contributed by atoms with van der Waals surface area (Å²) in [5, 5.41) is 0. The summed E-state index contributed by atoms with van der Waals surface area (Å²) in [6, 6.07) is 2.62. The van der Waals surface area contributed by atoms with Gasteiger partial charge in [0, 0.05) is 36.9 Å². The minimum Gasteiger partial charge on any atom is -0.354 e. The molecule has 1 unspecified atom stereocenters. The standard InChI is InChI=1S/C18H21N7/c1-12-19-7-6-15(23-12)13-3-2-8-24(9-13)17-16-18(21-10-20-17)25(11-22-16)14-4-5-14/h6-7,10-11,13-14H,2-5,8-9H2,1H3. The van der Waals surface area contributed by atoms with Gasteiger partial charge in [-0.15, -0.1) is 0 Å². The topological polar surface area (TPSA) is 72.6 Å².